The van der Waals surface area contributed by atoms with E-state index >= 15 is 0 Å². The molecule has 0 saturated carbocycles. The van der Waals surface area contributed by atoms with Crippen LogP contribution in [-0.2, 0) is 0 Å². The number of nitrogens with one attached hydrogen (secondary N) is 1. The number of rotatable bonds is 3. The van der Waals surface area contributed by atoms with Gasteiger partial charge in [0.15, 0.2) is 0 Å². The molecule has 22 heavy (non-hydrogen) atoms. The van der Waals surface area contributed by atoms with Crippen LogP contribution in [-0.4, -0.2) is 11.1 Å². The second-order valence-electron chi connectivity index (χ2n) is 4.74. The molecule has 0 radical (unpaired) electrons. The molecule has 0 fully saturated rings. The van der Waals surface area contributed by atoms with Crippen LogP contribution in [0.3, 0.4) is 0 Å². The number of carbonyl (C=O) groups is 1. The maximum absolute atomic E-state index is 11.3. The van der Waals surface area contributed by atoms with Gasteiger partial charge in [-0.2, -0.15) is 0 Å². The zero-order valence-corrected chi connectivity index (χ0v) is 12.8. The summed E-state index contributed by atoms with van der Waals surface area (Å²) in [5.74, 6) is -1.00. The summed E-state index contributed by atoms with van der Waals surface area (Å²) in [6.07, 6.45) is 0. The van der Waals surface area contributed by atoms with Gasteiger partial charge in [-0.15, -0.1) is 0 Å². The number of fused-ring (bicyclic) bond motifs is 1. The van der Waals surface area contributed by atoms with Gasteiger partial charge < -0.3 is 10.4 Å². The molecule has 0 unspecified atom stereocenters. The lowest BCUT2D eigenvalue weighted by atomic mass is 10.1. The van der Waals surface area contributed by atoms with Crippen molar-refractivity contribution >= 4 is 51.3 Å². The molecule has 0 aliphatic rings. The first kappa shape index (κ1) is 14.7. The molecule has 3 nitrogen and oxygen atoms in total. The number of halogens is 2. The molecule has 3 aromatic rings. The van der Waals surface area contributed by atoms with Gasteiger partial charge in [-0.25, -0.2) is 4.79 Å². The molecule has 0 aliphatic carbocycles. The molecule has 0 aromatic heterocycles. The second kappa shape index (κ2) is 5.87. The minimum Gasteiger partial charge on any atom is -0.478 e. The van der Waals surface area contributed by atoms with Crippen LogP contribution in [0.4, 0.5) is 11.4 Å². The van der Waals surface area contributed by atoms with Crippen LogP contribution in [0.5, 0.6) is 0 Å². The predicted molar refractivity (Wildman–Crippen MR) is 90.7 cm³/mol. The van der Waals surface area contributed by atoms with Crippen molar-refractivity contribution in [3.8, 4) is 0 Å². The summed E-state index contributed by atoms with van der Waals surface area (Å²) in [7, 11) is 0. The smallest absolute Gasteiger partial charge is 0.337 e. The van der Waals surface area contributed by atoms with E-state index in [0.29, 0.717) is 21.4 Å². The van der Waals surface area contributed by atoms with Gasteiger partial charge in [0.25, 0.3) is 0 Å². The van der Waals surface area contributed by atoms with Gasteiger partial charge in [-0.3, -0.25) is 0 Å². The molecular weight excluding hydrogens is 321 g/mol. The molecule has 2 N–H and O–H groups in total. The Balaban J connectivity index is 2.18. The van der Waals surface area contributed by atoms with Crippen LogP contribution in [0.2, 0.25) is 10.0 Å². The molecule has 0 spiro atoms. The lowest BCUT2D eigenvalue weighted by Gasteiger charge is -2.14. The highest BCUT2D eigenvalue weighted by atomic mass is 35.5. The first-order valence-electron chi connectivity index (χ1n) is 6.54. The molecule has 110 valence electrons. The van der Waals surface area contributed by atoms with Crippen molar-refractivity contribution < 1.29 is 9.90 Å². The van der Waals surface area contributed by atoms with Crippen molar-refractivity contribution in [2.24, 2.45) is 0 Å². The molecule has 0 aliphatic heterocycles. The van der Waals surface area contributed by atoms with Gasteiger partial charge in [-0.05, 0) is 18.2 Å². The summed E-state index contributed by atoms with van der Waals surface area (Å²) >= 11 is 12.5. The molecule has 5 heteroatoms. The van der Waals surface area contributed by atoms with Crippen LogP contribution in [0.25, 0.3) is 10.8 Å². The Morgan fingerprint density at radius 2 is 1.55 bits per heavy atom. The fraction of sp³-hybridized carbons (Fsp3) is 0. The average Bonchev–Trinajstić information content (AvgIpc) is 2.51. The summed E-state index contributed by atoms with van der Waals surface area (Å²) in [5.41, 5.74) is 1.29. The van der Waals surface area contributed by atoms with Gasteiger partial charge >= 0.3 is 5.97 Å². The number of hydrogen-bond acceptors (Lipinski definition) is 2. The third-order valence-corrected chi connectivity index (χ3v) is 3.97. The minimum atomic E-state index is -1.00. The Morgan fingerprint density at radius 1 is 0.909 bits per heavy atom. The Kier molecular flexibility index (Phi) is 3.92. The lowest BCUT2D eigenvalue weighted by Crippen LogP contribution is -2.03. The van der Waals surface area contributed by atoms with Crippen LogP contribution < -0.4 is 5.32 Å². The molecule has 0 heterocycles. The molecule has 3 rings (SSSR count). The number of hydrogen-bond donors (Lipinski definition) is 2. The Bertz CT molecular complexity index is 878. The van der Waals surface area contributed by atoms with E-state index in [2.05, 4.69) is 5.32 Å². The number of anilines is 2. The summed E-state index contributed by atoms with van der Waals surface area (Å²) in [4.78, 5) is 11.3. The van der Waals surface area contributed by atoms with E-state index < -0.39 is 5.97 Å². The number of benzene rings is 3. The van der Waals surface area contributed by atoms with E-state index in [-0.39, 0.29) is 5.56 Å². The van der Waals surface area contributed by atoms with E-state index in [0.717, 1.165) is 10.8 Å². The van der Waals surface area contributed by atoms with Gasteiger partial charge in [0.2, 0.25) is 0 Å². The van der Waals surface area contributed by atoms with Crippen molar-refractivity contribution in [1.29, 1.82) is 0 Å². The maximum Gasteiger partial charge on any atom is 0.337 e. The minimum absolute atomic E-state index is 0.178. The SMILES string of the molecule is O=C(O)c1ccccc1Nc1c(Cl)cc(Cl)c2ccccc12. The highest BCUT2D eigenvalue weighted by Crippen LogP contribution is 2.38. The van der Waals surface area contributed by atoms with E-state index in [1.165, 1.54) is 6.07 Å². The first-order chi connectivity index (χ1) is 10.6. The van der Waals surface area contributed by atoms with Crippen LogP contribution in [0.1, 0.15) is 10.4 Å². The number of para-hydroxylation sites is 1. The second-order valence-corrected chi connectivity index (χ2v) is 5.55. The molecule has 3 aromatic carbocycles. The highest BCUT2D eigenvalue weighted by Gasteiger charge is 2.14. The standard InChI is InChI=1S/C17H11Cl2NO2/c18-13-9-14(19)16(11-6-2-1-5-10(11)13)20-15-8-4-3-7-12(15)17(21)22/h1-9,20H,(H,21,22). The van der Waals surface area contributed by atoms with Crippen molar-refractivity contribution in [1.82, 2.24) is 0 Å². The third kappa shape index (κ3) is 2.61. The Hall–Kier alpha value is -2.23. The topological polar surface area (TPSA) is 49.3 Å². The van der Waals surface area contributed by atoms with Crippen LogP contribution in [0.15, 0.2) is 54.6 Å². The van der Waals surface area contributed by atoms with Gasteiger partial charge in [0.1, 0.15) is 0 Å². The zero-order chi connectivity index (χ0) is 15.7. The first-order valence-corrected chi connectivity index (χ1v) is 7.29. The third-order valence-electron chi connectivity index (χ3n) is 3.36. The summed E-state index contributed by atoms with van der Waals surface area (Å²) < 4.78 is 0. The molecule has 0 saturated heterocycles. The maximum atomic E-state index is 11.3. The fourth-order valence-corrected chi connectivity index (χ4v) is 2.93. The highest BCUT2D eigenvalue weighted by molar-refractivity contribution is 6.41. The molecular formula is C17H11Cl2NO2. The van der Waals surface area contributed by atoms with Crippen LogP contribution >= 0.6 is 23.2 Å². The molecule has 0 atom stereocenters. The number of carboxylic acids is 1. The summed E-state index contributed by atoms with van der Waals surface area (Å²) in [6, 6.07) is 15.9. The number of carboxylic acid groups (broad SMARTS) is 1. The van der Waals surface area contributed by atoms with Crippen molar-refractivity contribution in [2.75, 3.05) is 5.32 Å². The van der Waals surface area contributed by atoms with Gasteiger partial charge in [-0.1, -0.05) is 59.6 Å². The zero-order valence-electron chi connectivity index (χ0n) is 11.3. The van der Waals surface area contributed by atoms with Gasteiger partial charge in [0, 0.05) is 10.8 Å². The number of aromatic carboxylic acids is 1. The lowest BCUT2D eigenvalue weighted by molar-refractivity contribution is 0.0698. The summed E-state index contributed by atoms with van der Waals surface area (Å²) in [6.45, 7) is 0. The average molecular weight is 332 g/mol. The predicted octanol–water partition coefficient (Wildman–Crippen LogP) is 5.59. The van der Waals surface area contributed by atoms with Crippen molar-refractivity contribution in [3.63, 3.8) is 0 Å². The van der Waals surface area contributed by atoms with E-state index in [1.54, 1.807) is 24.3 Å². The quantitative estimate of drug-likeness (QED) is 0.657. The largest absolute Gasteiger partial charge is 0.478 e. The van der Waals surface area contributed by atoms with E-state index in [4.69, 9.17) is 23.2 Å². The van der Waals surface area contributed by atoms with Crippen molar-refractivity contribution in [3.05, 3.63) is 70.2 Å². The van der Waals surface area contributed by atoms with E-state index in [1.807, 2.05) is 24.3 Å². The molecule has 0 bridgehead atoms. The van der Waals surface area contributed by atoms with Gasteiger partial charge in [0.05, 0.1) is 27.0 Å². The Labute approximate surface area is 137 Å². The Morgan fingerprint density at radius 3 is 2.27 bits per heavy atom. The normalized spacial score (nSPS) is 10.6. The monoisotopic (exact) mass is 331 g/mol. The van der Waals surface area contributed by atoms with Crippen molar-refractivity contribution in [2.45, 2.75) is 0 Å². The molecule has 0 amide bonds. The summed E-state index contributed by atoms with van der Waals surface area (Å²) in [5, 5.41) is 15.1. The fourth-order valence-electron chi connectivity index (χ4n) is 2.34. The van der Waals surface area contributed by atoms with E-state index in [9.17, 15) is 9.90 Å². The van der Waals surface area contributed by atoms with Crippen LogP contribution in [0, 0.1) is 0 Å².